The van der Waals surface area contributed by atoms with Crippen LogP contribution in [0.5, 0.6) is 0 Å². The van der Waals surface area contributed by atoms with E-state index in [4.69, 9.17) is 0 Å². The normalized spacial score (nSPS) is 11.8. The SMILES string of the molecule is Cc1ccc(-n2c(=O)c3cccn3c3cc4c(cc32)n(-c2ccc(C)cc2)c(=O)c2cccn24)cc1. The Morgan fingerprint density at radius 1 is 0.472 bits per heavy atom. The highest BCUT2D eigenvalue weighted by Crippen LogP contribution is 2.27. The summed E-state index contributed by atoms with van der Waals surface area (Å²) in [5, 5.41) is 0. The second-order valence-electron chi connectivity index (χ2n) is 9.31. The lowest BCUT2D eigenvalue weighted by molar-refractivity contribution is 1.01. The van der Waals surface area contributed by atoms with Gasteiger partial charge in [-0.1, -0.05) is 35.4 Å². The van der Waals surface area contributed by atoms with E-state index >= 15 is 0 Å². The van der Waals surface area contributed by atoms with Crippen LogP contribution in [0.15, 0.2) is 107 Å². The molecule has 0 aliphatic heterocycles. The van der Waals surface area contributed by atoms with Crippen LogP contribution in [0.4, 0.5) is 0 Å². The zero-order valence-corrected chi connectivity index (χ0v) is 19.8. The van der Waals surface area contributed by atoms with Crippen LogP contribution in [0.3, 0.4) is 0 Å². The minimum Gasteiger partial charge on any atom is -0.310 e. The molecule has 4 heterocycles. The van der Waals surface area contributed by atoms with E-state index in [-0.39, 0.29) is 11.1 Å². The molecule has 0 spiro atoms. The fourth-order valence-electron chi connectivity index (χ4n) is 5.18. The van der Waals surface area contributed by atoms with Gasteiger partial charge in [0.15, 0.2) is 0 Å². The predicted octanol–water partition coefficient (Wildman–Crippen LogP) is 5.42. The third-order valence-electron chi connectivity index (χ3n) is 7.00. The van der Waals surface area contributed by atoms with Gasteiger partial charge in [-0.25, -0.2) is 0 Å². The molecule has 0 radical (unpaired) electrons. The number of nitrogens with zero attached hydrogens (tertiary/aromatic N) is 4. The number of hydrogen-bond donors (Lipinski definition) is 0. The summed E-state index contributed by atoms with van der Waals surface area (Å²) < 4.78 is 7.34. The smallest absolute Gasteiger partial charge is 0.279 e. The zero-order valence-electron chi connectivity index (χ0n) is 19.8. The zero-order chi connectivity index (χ0) is 24.6. The van der Waals surface area contributed by atoms with Crippen LogP contribution in [0, 0.1) is 13.8 Å². The van der Waals surface area contributed by atoms with Crippen LogP contribution < -0.4 is 11.1 Å². The van der Waals surface area contributed by atoms with Crippen molar-refractivity contribution in [2.45, 2.75) is 13.8 Å². The van der Waals surface area contributed by atoms with Gasteiger partial charge in [-0.15, -0.1) is 0 Å². The Hall–Kier alpha value is -4.84. The van der Waals surface area contributed by atoms with E-state index in [0.29, 0.717) is 11.0 Å². The van der Waals surface area contributed by atoms with Crippen LogP contribution >= 0.6 is 0 Å². The monoisotopic (exact) mass is 470 g/mol. The van der Waals surface area contributed by atoms with Gasteiger partial charge in [0.05, 0.1) is 22.1 Å². The molecular formula is C30H22N4O2. The summed E-state index contributed by atoms with van der Waals surface area (Å²) in [4.78, 5) is 27.4. The summed E-state index contributed by atoms with van der Waals surface area (Å²) in [6, 6.07) is 27.3. The molecule has 0 aliphatic rings. The first-order valence-corrected chi connectivity index (χ1v) is 11.9. The van der Waals surface area contributed by atoms with E-state index in [2.05, 4.69) is 6.07 Å². The maximum absolute atomic E-state index is 13.7. The van der Waals surface area contributed by atoms with Crippen molar-refractivity contribution in [1.29, 1.82) is 0 Å². The quantitative estimate of drug-likeness (QED) is 0.317. The highest BCUT2D eigenvalue weighted by atomic mass is 16.1. The Bertz CT molecular complexity index is 1940. The molecule has 7 rings (SSSR count). The van der Waals surface area contributed by atoms with Gasteiger partial charge in [-0.2, -0.15) is 0 Å². The van der Waals surface area contributed by atoms with Crippen molar-refractivity contribution in [3.05, 3.63) is 129 Å². The first-order valence-electron chi connectivity index (χ1n) is 11.9. The molecule has 0 atom stereocenters. The van der Waals surface area contributed by atoms with Crippen molar-refractivity contribution in [3.8, 4) is 11.4 Å². The average Bonchev–Trinajstić information content (AvgIpc) is 3.57. The molecule has 0 saturated carbocycles. The molecule has 174 valence electrons. The number of aryl methyl sites for hydroxylation is 2. The summed E-state index contributed by atoms with van der Waals surface area (Å²) >= 11 is 0. The summed E-state index contributed by atoms with van der Waals surface area (Å²) in [5.41, 5.74) is 7.99. The van der Waals surface area contributed by atoms with E-state index in [1.54, 1.807) is 9.13 Å². The van der Waals surface area contributed by atoms with Crippen LogP contribution in [0.1, 0.15) is 11.1 Å². The lowest BCUT2D eigenvalue weighted by Gasteiger charge is -2.17. The molecule has 4 aromatic heterocycles. The van der Waals surface area contributed by atoms with Crippen LogP contribution in [0.25, 0.3) is 44.5 Å². The van der Waals surface area contributed by atoms with E-state index < -0.39 is 0 Å². The second-order valence-corrected chi connectivity index (χ2v) is 9.31. The van der Waals surface area contributed by atoms with Crippen molar-refractivity contribution in [2.24, 2.45) is 0 Å². The largest absolute Gasteiger partial charge is 0.310 e. The van der Waals surface area contributed by atoms with Gasteiger partial charge in [0.25, 0.3) is 11.1 Å². The standard InChI is InChI=1S/C30H22N4O2/c1-19-7-11-21(12-8-19)33-27-18-28-26(17-25(27)31-15-3-5-23(31)29(33)35)32-16-4-6-24(32)30(36)34(28)22-13-9-20(2)10-14-22/h3-18H,1-2H3. The summed E-state index contributed by atoms with van der Waals surface area (Å²) in [5.74, 6) is 0. The molecular weight excluding hydrogens is 448 g/mol. The molecule has 0 aliphatic carbocycles. The number of rotatable bonds is 2. The van der Waals surface area contributed by atoms with Crippen molar-refractivity contribution in [3.63, 3.8) is 0 Å². The van der Waals surface area contributed by atoms with Gasteiger partial charge in [0, 0.05) is 23.8 Å². The Kier molecular flexibility index (Phi) is 4.18. The minimum atomic E-state index is -0.109. The van der Waals surface area contributed by atoms with Gasteiger partial charge < -0.3 is 8.80 Å². The molecule has 6 nitrogen and oxygen atoms in total. The predicted molar refractivity (Wildman–Crippen MR) is 144 cm³/mol. The Labute approximate surface area is 205 Å². The van der Waals surface area contributed by atoms with Gasteiger partial charge in [0.1, 0.15) is 11.0 Å². The molecule has 3 aromatic carbocycles. The van der Waals surface area contributed by atoms with Gasteiger partial charge in [0.2, 0.25) is 0 Å². The van der Waals surface area contributed by atoms with E-state index in [0.717, 1.165) is 44.6 Å². The number of fused-ring (bicyclic) bond motifs is 6. The number of aromatic nitrogens is 4. The van der Waals surface area contributed by atoms with E-state index in [1.165, 1.54) is 0 Å². The number of hydrogen-bond acceptors (Lipinski definition) is 2. The molecule has 0 fully saturated rings. The maximum Gasteiger partial charge on any atom is 0.279 e. The molecule has 0 unspecified atom stereocenters. The van der Waals surface area contributed by atoms with Crippen molar-refractivity contribution in [1.82, 2.24) is 17.9 Å². The topological polar surface area (TPSA) is 52.8 Å². The molecule has 0 amide bonds. The first kappa shape index (κ1) is 20.5. The van der Waals surface area contributed by atoms with Gasteiger partial charge in [-0.3, -0.25) is 18.7 Å². The Morgan fingerprint density at radius 2 is 0.861 bits per heavy atom. The van der Waals surface area contributed by atoms with Crippen LogP contribution in [-0.2, 0) is 0 Å². The van der Waals surface area contributed by atoms with Crippen LogP contribution in [-0.4, -0.2) is 17.9 Å². The first-order chi connectivity index (χ1) is 17.5. The highest BCUT2D eigenvalue weighted by molar-refractivity contribution is 5.95. The van der Waals surface area contributed by atoms with Crippen molar-refractivity contribution in [2.75, 3.05) is 0 Å². The third-order valence-corrected chi connectivity index (χ3v) is 7.00. The fraction of sp³-hybridized carbons (Fsp3) is 0.0667. The Balaban J connectivity index is 1.73. The second kappa shape index (κ2) is 7.33. The molecule has 6 heteroatoms. The minimum absolute atomic E-state index is 0.109. The molecule has 0 N–H and O–H groups in total. The third kappa shape index (κ3) is 2.78. The molecule has 7 aromatic rings. The van der Waals surface area contributed by atoms with E-state index in [9.17, 15) is 9.59 Å². The maximum atomic E-state index is 13.7. The number of benzene rings is 3. The van der Waals surface area contributed by atoms with Gasteiger partial charge >= 0.3 is 0 Å². The lowest BCUT2D eigenvalue weighted by Crippen LogP contribution is -2.23. The molecule has 36 heavy (non-hydrogen) atoms. The van der Waals surface area contributed by atoms with Crippen LogP contribution in [0.2, 0.25) is 0 Å². The highest BCUT2D eigenvalue weighted by Gasteiger charge is 2.18. The Morgan fingerprint density at radius 3 is 1.28 bits per heavy atom. The fourth-order valence-corrected chi connectivity index (χ4v) is 5.18. The lowest BCUT2D eigenvalue weighted by atomic mass is 10.1. The average molecular weight is 471 g/mol. The summed E-state index contributed by atoms with van der Waals surface area (Å²) in [6.45, 7) is 4.05. The van der Waals surface area contributed by atoms with E-state index in [1.807, 2.05) is 114 Å². The molecule has 0 bridgehead atoms. The molecule has 0 saturated heterocycles. The van der Waals surface area contributed by atoms with Gasteiger partial charge in [-0.05, 0) is 74.5 Å². The summed E-state index contributed by atoms with van der Waals surface area (Å²) in [6.07, 6.45) is 3.82. The van der Waals surface area contributed by atoms with Crippen molar-refractivity contribution >= 4 is 33.1 Å². The van der Waals surface area contributed by atoms with Crippen molar-refractivity contribution < 1.29 is 0 Å². The summed E-state index contributed by atoms with van der Waals surface area (Å²) in [7, 11) is 0.